The Labute approximate surface area is 48.1 Å². The number of nitrogens with zero attached hydrogens (tertiary/aromatic N) is 3. The van der Waals surface area contributed by atoms with Crippen molar-refractivity contribution < 1.29 is 13.6 Å². The molecule has 50 valence electrons. The lowest BCUT2D eigenvalue weighted by Crippen LogP contribution is -2.32. The normalized spacial score (nSPS) is 10.0. The molecule has 1 amide bonds. The van der Waals surface area contributed by atoms with Crippen LogP contribution in [-0.4, -0.2) is 12.0 Å². The predicted molar refractivity (Wildman–Crippen MR) is 23.3 cm³/mol. The Morgan fingerprint density at radius 2 is 2.22 bits per heavy atom. The van der Waals surface area contributed by atoms with Crippen LogP contribution in [-0.2, 0) is 4.79 Å². The first-order valence-corrected chi connectivity index (χ1v) is 1.74. The average Bonchev–Trinajstić information content (AvgIpc) is 1.65. The lowest BCUT2D eigenvalue weighted by atomic mass is 10.5. The predicted octanol–water partition coefficient (Wildman–Crippen LogP) is 0.375. The molecular formula is C2H2F2N4O. The summed E-state index contributed by atoms with van der Waals surface area (Å²) in [5.41, 5.74) is 11.5. The van der Waals surface area contributed by atoms with Crippen molar-refractivity contribution in [3.63, 3.8) is 0 Å². The molecule has 0 aliphatic heterocycles. The molecular weight excluding hydrogens is 134 g/mol. The number of rotatable bonds is 2. The van der Waals surface area contributed by atoms with E-state index >= 15 is 0 Å². The molecule has 7 heteroatoms. The van der Waals surface area contributed by atoms with Crippen molar-refractivity contribution in [3.8, 4) is 0 Å². The van der Waals surface area contributed by atoms with E-state index in [1.807, 2.05) is 5.11 Å². The van der Waals surface area contributed by atoms with Gasteiger partial charge in [0.2, 0.25) is 0 Å². The Balaban J connectivity index is 4.37. The summed E-state index contributed by atoms with van der Waals surface area (Å²) in [6, 6.07) is -4.10. The van der Waals surface area contributed by atoms with Gasteiger partial charge in [0.25, 0.3) is 5.91 Å². The molecule has 9 heavy (non-hydrogen) atoms. The minimum Gasteiger partial charge on any atom is -0.364 e. The highest BCUT2D eigenvalue weighted by atomic mass is 19.3. The van der Waals surface area contributed by atoms with Gasteiger partial charge in [0.15, 0.2) is 0 Å². The fourth-order valence-electron chi connectivity index (χ4n) is 0.105. The van der Waals surface area contributed by atoms with Crippen LogP contribution in [0.1, 0.15) is 0 Å². The monoisotopic (exact) mass is 136 g/mol. The maximum absolute atomic E-state index is 11.7. The van der Waals surface area contributed by atoms with Gasteiger partial charge in [-0.15, -0.1) is 0 Å². The van der Waals surface area contributed by atoms with Gasteiger partial charge in [-0.2, -0.15) is 8.78 Å². The lowest BCUT2D eigenvalue weighted by Gasteiger charge is -2.00. The summed E-state index contributed by atoms with van der Waals surface area (Å²) >= 11 is 0. The third kappa shape index (κ3) is 1.92. The Hall–Kier alpha value is -1.36. The first-order valence-electron chi connectivity index (χ1n) is 1.74. The van der Waals surface area contributed by atoms with E-state index in [1.165, 1.54) is 0 Å². The van der Waals surface area contributed by atoms with Gasteiger partial charge in [0, 0.05) is 4.91 Å². The highest BCUT2D eigenvalue weighted by molar-refractivity contribution is 5.81. The maximum Gasteiger partial charge on any atom is 0.401 e. The molecule has 0 saturated heterocycles. The molecule has 0 aromatic carbocycles. The first kappa shape index (κ1) is 7.64. The number of carbonyl (C=O) groups is 1. The number of hydrogen-bond donors (Lipinski definition) is 1. The van der Waals surface area contributed by atoms with Crippen LogP contribution in [0, 0.1) is 0 Å². The second-order valence-corrected chi connectivity index (χ2v) is 1.09. The lowest BCUT2D eigenvalue weighted by molar-refractivity contribution is -0.140. The number of hydrogen-bond acceptors (Lipinski definition) is 2. The summed E-state index contributed by atoms with van der Waals surface area (Å²) in [4.78, 5) is 11.3. The van der Waals surface area contributed by atoms with E-state index in [0.29, 0.717) is 0 Å². The summed E-state index contributed by atoms with van der Waals surface area (Å²) in [6.45, 7) is 0. The van der Waals surface area contributed by atoms with E-state index in [1.54, 1.807) is 4.91 Å². The number of azide groups is 1. The maximum atomic E-state index is 11.7. The number of halogens is 2. The largest absolute Gasteiger partial charge is 0.401 e. The molecule has 0 spiro atoms. The SMILES string of the molecule is [N-]=[N+]=NC(F)(F)C(N)=O. The molecule has 2 N–H and O–H groups in total. The standard InChI is InChI=1S/C2H2F2N4O/c3-2(4,1(5)9)7-8-6/h(H2,5,9). The zero-order chi connectivity index (χ0) is 7.49. The number of alkyl halides is 2. The molecule has 5 nitrogen and oxygen atoms in total. The topological polar surface area (TPSA) is 91.8 Å². The summed E-state index contributed by atoms with van der Waals surface area (Å²) < 4.78 is 23.3. The van der Waals surface area contributed by atoms with E-state index < -0.39 is 12.0 Å². The Morgan fingerprint density at radius 3 is 2.33 bits per heavy atom. The van der Waals surface area contributed by atoms with Crippen molar-refractivity contribution in [2.75, 3.05) is 0 Å². The summed E-state index contributed by atoms with van der Waals surface area (Å²) in [5, 5.41) is 1.83. The van der Waals surface area contributed by atoms with Gasteiger partial charge >= 0.3 is 6.05 Å². The van der Waals surface area contributed by atoms with E-state index in [2.05, 4.69) is 5.73 Å². The van der Waals surface area contributed by atoms with Crippen LogP contribution in [0.2, 0.25) is 0 Å². The molecule has 0 rings (SSSR count). The number of amides is 1. The quantitative estimate of drug-likeness (QED) is 0.252. The van der Waals surface area contributed by atoms with Crippen molar-refractivity contribution in [2.24, 2.45) is 10.8 Å². The van der Waals surface area contributed by atoms with Crippen LogP contribution < -0.4 is 5.73 Å². The molecule has 0 unspecified atom stereocenters. The molecule has 0 atom stereocenters. The van der Waals surface area contributed by atoms with Gasteiger partial charge in [-0.25, -0.2) is 0 Å². The van der Waals surface area contributed by atoms with Crippen LogP contribution in [0.25, 0.3) is 10.4 Å². The van der Waals surface area contributed by atoms with Crippen molar-refractivity contribution in [1.82, 2.24) is 0 Å². The number of primary amides is 1. The van der Waals surface area contributed by atoms with E-state index in [4.69, 9.17) is 5.53 Å². The molecule has 0 aliphatic rings. The molecule has 0 aromatic heterocycles. The minimum atomic E-state index is -4.10. The van der Waals surface area contributed by atoms with Crippen molar-refractivity contribution in [1.29, 1.82) is 0 Å². The van der Waals surface area contributed by atoms with Crippen molar-refractivity contribution >= 4 is 5.91 Å². The number of carbonyl (C=O) groups excluding carboxylic acids is 1. The molecule has 0 aromatic rings. The zero-order valence-corrected chi connectivity index (χ0v) is 4.08. The second kappa shape index (κ2) is 2.27. The van der Waals surface area contributed by atoms with Gasteiger partial charge < -0.3 is 5.73 Å². The van der Waals surface area contributed by atoms with E-state index in [9.17, 15) is 13.6 Å². The van der Waals surface area contributed by atoms with E-state index in [0.717, 1.165) is 0 Å². The first-order chi connectivity index (χ1) is 4.00. The minimum absolute atomic E-state index is 1.70. The smallest absolute Gasteiger partial charge is 0.364 e. The average molecular weight is 136 g/mol. The summed E-state index contributed by atoms with van der Waals surface area (Å²) in [6.07, 6.45) is 0. The fourth-order valence-corrected chi connectivity index (χ4v) is 0.105. The Bertz CT molecular complexity index is 167. The molecule has 0 heterocycles. The van der Waals surface area contributed by atoms with Gasteiger partial charge in [0.1, 0.15) is 0 Å². The van der Waals surface area contributed by atoms with Gasteiger partial charge in [-0.3, -0.25) is 4.79 Å². The zero-order valence-electron chi connectivity index (χ0n) is 4.08. The van der Waals surface area contributed by atoms with Gasteiger partial charge in [-0.1, -0.05) is 0 Å². The van der Waals surface area contributed by atoms with Crippen LogP contribution in [0.5, 0.6) is 0 Å². The van der Waals surface area contributed by atoms with E-state index in [-0.39, 0.29) is 0 Å². The van der Waals surface area contributed by atoms with Crippen LogP contribution in [0.15, 0.2) is 5.11 Å². The van der Waals surface area contributed by atoms with Gasteiger partial charge in [-0.05, 0) is 10.6 Å². The highest BCUT2D eigenvalue weighted by Gasteiger charge is 2.34. The molecule has 0 radical (unpaired) electrons. The second-order valence-electron chi connectivity index (χ2n) is 1.09. The molecule has 0 bridgehead atoms. The Morgan fingerprint density at radius 1 is 1.78 bits per heavy atom. The molecule has 0 fully saturated rings. The Kier molecular flexibility index (Phi) is 1.93. The fraction of sp³-hybridized carbons (Fsp3) is 0.500. The van der Waals surface area contributed by atoms with Crippen LogP contribution >= 0.6 is 0 Å². The van der Waals surface area contributed by atoms with Crippen LogP contribution in [0.4, 0.5) is 8.78 Å². The van der Waals surface area contributed by atoms with Crippen molar-refractivity contribution in [2.45, 2.75) is 6.05 Å². The van der Waals surface area contributed by atoms with Crippen molar-refractivity contribution in [3.05, 3.63) is 10.4 Å². The van der Waals surface area contributed by atoms with Crippen LogP contribution in [0.3, 0.4) is 0 Å². The molecule has 0 saturated carbocycles. The number of nitrogens with two attached hydrogens (primary N) is 1. The summed E-state index contributed by atoms with van der Waals surface area (Å²) in [5.74, 6) is -1.96. The molecule has 0 aliphatic carbocycles. The summed E-state index contributed by atoms with van der Waals surface area (Å²) in [7, 11) is 0. The third-order valence-electron chi connectivity index (χ3n) is 0.467. The third-order valence-corrected chi connectivity index (χ3v) is 0.467. The highest BCUT2D eigenvalue weighted by Crippen LogP contribution is 2.13. The van der Waals surface area contributed by atoms with Gasteiger partial charge in [0.05, 0.1) is 0 Å².